The molecule has 0 saturated carbocycles. The lowest BCUT2D eigenvalue weighted by molar-refractivity contribution is -0.134. The van der Waals surface area contributed by atoms with Crippen molar-refractivity contribution in [3.8, 4) is 0 Å². The van der Waals surface area contributed by atoms with Crippen LogP contribution in [0.2, 0.25) is 0 Å². The summed E-state index contributed by atoms with van der Waals surface area (Å²) in [7, 11) is 0. The summed E-state index contributed by atoms with van der Waals surface area (Å²) in [6, 6.07) is 8.65. The van der Waals surface area contributed by atoms with Crippen molar-refractivity contribution in [3.63, 3.8) is 0 Å². The van der Waals surface area contributed by atoms with Crippen molar-refractivity contribution in [2.24, 2.45) is 0 Å². The predicted octanol–water partition coefficient (Wildman–Crippen LogP) is 0.786. The highest BCUT2D eigenvalue weighted by atomic mass is 16.2. The van der Waals surface area contributed by atoms with Crippen LogP contribution in [-0.4, -0.2) is 98.0 Å². The highest BCUT2D eigenvalue weighted by molar-refractivity contribution is 5.79. The summed E-state index contributed by atoms with van der Waals surface area (Å²) in [5, 5.41) is 2.93. The smallest absolute Gasteiger partial charge is 0.236 e. The number of rotatable bonds is 6. The Bertz CT molecular complexity index is 692. The summed E-state index contributed by atoms with van der Waals surface area (Å²) in [6.07, 6.45) is 0. The summed E-state index contributed by atoms with van der Waals surface area (Å²) < 4.78 is 0. The topological polar surface area (TPSA) is 59.1 Å². The molecule has 0 atom stereocenters. The van der Waals surface area contributed by atoms with Gasteiger partial charge in [-0.2, -0.15) is 0 Å². The molecule has 0 spiro atoms. The number of para-hydroxylation sites is 1. The van der Waals surface area contributed by atoms with E-state index in [1.165, 1.54) is 11.3 Å². The van der Waals surface area contributed by atoms with Crippen LogP contribution in [0, 0.1) is 6.92 Å². The van der Waals surface area contributed by atoms with Crippen LogP contribution in [0.25, 0.3) is 0 Å². The van der Waals surface area contributed by atoms with E-state index in [0.29, 0.717) is 26.2 Å². The van der Waals surface area contributed by atoms with E-state index in [1.54, 1.807) is 0 Å². The third kappa shape index (κ3) is 6.18. The molecule has 0 radical (unpaired) electrons. The number of hydrogen-bond donors (Lipinski definition) is 1. The molecule has 2 aliphatic rings. The summed E-state index contributed by atoms with van der Waals surface area (Å²) in [5.74, 6) is 0.270. The Morgan fingerprint density at radius 2 is 1.48 bits per heavy atom. The number of anilines is 1. The maximum atomic E-state index is 12.7. The third-order valence-corrected chi connectivity index (χ3v) is 5.73. The van der Waals surface area contributed by atoms with Gasteiger partial charge in [-0.25, -0.2) is 0 Å². The van der Waals surface area contributed by atoms with E-state index in [1.807, 2.05) is 18.7 Å². The first-order chi connectivity index (χ1) is 13.9. The molecule has 0 aromatic heterocycles. The zero-order valence-corrected chi connectivity index (χ0v) is 18.1. The van der Waals surface area contributed by atoms with Crippen LogP contribution in [0.3, 0.4) is 0 Å². The van der Waals surface area contributed by atoms with Gasteiger partial charge in [0.1, 0.15) is 0 Å². The summed E-state index contributed by atoms with van der Waals surface area (Å²) >= 11 is 0. The Morgan fingerprint density at radius 3 is 2.10 bits per heavy atom. The molecule has 160 valence electrons. The van der Waals surface area contributed by atoms with Gasteiger partial charge in [-0.05, 0) is 32.4 Å². The summed E-state index contributed by atoms with van der Waals surface area (Å²) in [6.45, 7) is 13.7. The Kier molecular flexibility index (Phi) is 7.50. The van der Waals surface area contributed by atoms with Gasteiger partial charge in [0.05, 0.1) is 13.1 Å². The molecule has 0 unspecified atom stereocenters. The maximum Gasteiger partial charge on any atom is 0.236 e. The van der Waals surface area contributed by atoms with Crippen LogP contribution in [0.15, 0.2) is 24.3 Å². The molecule has 2 saturated heterocycles. The first-order valence-corrected chi connectivity index (χ1v) is 10.7. The van der Waals surface area contributed by atoms with Crippen LogP contribution < -0.4 is 10.2 Å². The summed E-state index contributed by atoms with van der Waals surface area (Å²) in [5.41, 5.74) is 2.60. The molecule has 7 nitrogen and oxygen atoms in total. The zero-order chi connectivity index (χ0) is 20.8. The van der Waals surface area contributed by atoms with Crippen LogP contribution in [-0.2, 0) is 9.59 Å². The van der Waals surface area contributed by atoms with Gasteiger partial charge in [0, 0.05) is 64.1 Å². The van der Waals surface area contributed by atoms with Gasteiger partial charge >= 0.3 is 0 Å². The Labute approximate surface area is 174 Å². The summed E-state index contributed by atoms with van der Waals surface area (Å²) in [4.78, 5) is 33.4. The minimum atomic E-state index is 0.0614. The monoisotopic (exact) mass is 401 g/mol. The molecule has 2 aliphatic heterocycles. The number of hydrogen-bond acceptors (Lipinski definition) is 5. The van der Waals surface area contributed by atoms with Crippen molar-refractivity contribution in [1.82, 2.24) is 20.0 Å². The van der Waals surface area contributed by atoms with Crippen LogP contribution >= 0.6 is 0 Å². The second-order valence-corrected chi connectivity index (χ2v) is 8.43. The number of nitrogens with one attached hydrogen (secondary N) is 1. The van der Waals surface area contributed by atoms with Crippen molar-refractivity contribution >= 4 is 17.5 Å². The molecule has 2 fully saturated rings. The maximum absolute atomic E-state index is 12.7. The molecule has 7 heteroatoms. The van der Waals surface area contributed by atoms with Gasteiger partial charge in [-0.1, -0.05) is 18.2 Å². The van der Waals surface area contributed by atoms with Crippen LogP contribution in [0.5, 0.6) is 0 Å². The van der Waals surface area contributed by atoms with Crippen LogP contribution in [0.4, 0.5) is 5.69 Å². The van der Waals surface area contributed by atoms with E-state index in [4.69, 9.17) is 0 Å². The van der Waals surface area contributed by atoms with Crippen molar-refractivity contribution < 1.29 is 9.59 Å². The molecule has 1 aromatic carbocycles. The Morgan fingerprint density at radius 1 is 0.897 bits per heavy atom. The molecular weight excluding hydrogens is 366 g/mol. The molecule has 2 heterocycles. The lowest BCUT2D eigenvalue weighted by Gasteiger charge is -2.38. The van der Waals surface area contributed by atoms with Gasteiger partial charge in [-0.15, -0.1) is 0 Å². The highest BCUT2D eigenvalue weighted by Crippen LogP contribution is 2.20. The first-order valence-electron chi connectivity index (χ1n) is 10.7. The number of nitrogens with zero attached hydrogens (tertiary/aromatic N) is 4. The fourth-order valence-corrected chi connectivity index (χ4v) is 4.08. The number of piperazine rings is 2. The van der Waals surface area contributed by atoms with Gasteiger partial charge in [0.15, 0.2) is 0 Å². The lowest BCUT2D eigenvalue weighted by Crippen LogP contribution is -2.55. The largest absolute Gasteiger partial charge is 0.369 e. The van der Waals surface area contributed by atoms with E-state index in [9.17, 15) is 9.59 Å². The fraction of sp³-hybridized carbons (Fsp3) is 0.636. The highest BCUT2D eigenvalue weighted by Gasteiger charge is 2.25. The van der Waals surface area contributed by atoms with Crippen molar-refractivity contribution in [2.75, 3.05) is 70.3 Å². The number of aryl methyl sites for hydroxylation is 1. The molecule has 1 aromatic rings. The standard InChI is InChI=1S/C22H35N5O2/c1-18(2)23-21(28)16-24-10-14-27(15-11-24)22(29)17-25-8-12-26(13-9-25)20-7-5-4-6-19(20)3/h4-7,18H,8-17H2,1-3H3,(H,23,28). The van der Waals surface area contributed by atoms with E-state index in [0.717, 1.165) is 39.3 Å². The van der Waals surface area contributed by atoms with E-state index in [-0.39, 0.29) is 17.9 Å². The molecule has 2 amide bonds. The van der Waals surface area contributed by atoms with E-state index >= 15 is 0 Å². The SMILES string of the molecule is Cc1ccccc1N1CCN(CC(=O)N2CCN(CC(=O)NC(C)C)CC2)CC1. The van der Waals surface area contributed by atoms with Gasteiger partial charge in [-0.3, -0.25) is 19.4 Å². The zero-order valence-electron chi connectivity index (χ0n) is 18.1. The fourth-order valence-electron chi connectivity index (χ4n) is 4.08. The quantitative estimate of drug-likeness (QED) is 0.764. The molecule has 3 rings (SSSR count). The normalized spacial score (nSPS) is 18.9. The molecule has 0 aliphatic carbocycles. The second kappa shape index (κ2) is 10.1. The number of benzene rings is 1. The molecular formula is C22H35N5O2. The average molecular weight is 402 g/mol. The van der Waals surface area contributed by atoms with Gasteiger partial charge < -0.3 is 15.1 Å². The van der Waals surface area contributed by atoms with Crippen molar-refractivity contribution in [1.29, 1.82) is 0 Å². The van der Waals surface area contributed by atoms with Crippen LogP contribution in [0.1, 0.15) is 19.4 Å². The second-order valence-electron chi connectivity index (χ2n) is 8.43. The molecule has 0 bridgehead atoms. The Hall–Kier alpha value is -2.12. The van der Waals surface area contributed by atoms with Gasteiger partial charge in [0.25, 0.3) is 0 Å². The number of carbonyl (C=O) groups is 2. The molecule has 1 N–H and O–H groups in total. The van der Waals surface area contributed by atoms with Gasteiger partial charge in [0.2, 0.25) is 11.8 Å². The first kappa shape index (κ1) is 21.6. The van der Waals surface area contributed by atoms with E-state index < -0.39 is 0 Å². The third-order valence-electron chi connectivity index (χ3n) is 5.73. The molecule has 29 heavy (non-hydrogen) atoms. The Balaban J connectivity index is 1.38. The predicted molar refractivity (Wildman–Crippen MR) is 116 cm³/mol. The van der Waals surface area contributed by atoms with E-state index in [2.05, 4.69) is 51.2 Å². The average Bonchev–Trinajstić information content (AvgIpc) is 2.69. The minimum absolute atomic E-state index is 0.0614. The number of amides is 2. The minimum Gasteiger partial charge on any atom is -0.369 e. The lowest BCUT2D eigenvalue weighted by atomic mass is 10.1. The van der Waals surface area contributed by atoms with Crippen molar-refractivity contribution in [3.05, 3.63) is 29.8 Å². The van der Waals surface area contributed by atoms with Crippen molar-refractivity contribution in [2.45, 2.75) is 26.8 Å². The number of carbonyl (C=O) groups excluding carboxylic acids is 2.